The summed E-state index contributed by atoms with van der Waals surface area (Å²) in [5, 5.41) is 3.82. The van der Waals surface area contributed by atoms with Gasteiger partial charge in [0.25, 0.3) is 8.32 Å². The summed E-state index contributed by atoms with van der Waals surface area (Å²) in [4.78, 5) is 0. The Labute approximate surface area is 174 Å². The molecule has 0 bridgehead atoms. The predicted octanol–water partition coefficient (Wildman–Crippen LogP) is 2.74. The van der Waals surface area contributed by atoms with Crippen LogP contribution >= 0.6 is 0 Å². The summed E-state index contributed by atoms with van der Waals surface area (Å²) in [7, 11) is -0.554. The monoisotopic (exact) mass is 396 g/mol. The average Bonchev–Trinajstić information content (AvgIpc) is 2.80. The minimum Gasteiger partial charge on any atom is -0.404 e. The van der Waals surface area contributed by atoms with Crippen molar-refractivity contribution in [1.29, 1.82) is 0 Å². The van der Waals surface area contributed by atoms with E-state index in [9.17, 15) is 0 Å². The molecule has 1 aromatic heterocycles. The molecule has 0 radical (unpaired) electrons. The maximum absolute atomic E-state index is 6.95. The molecule has 0 saturated carbocycles. The number of hydrogen-bond donors (Lipinski definition) is 0. The minimum absolute atomic E-state index is 0.679. The van der Waals surface area contributed by atoms with Gasteiger partial charge in [0, 0.05) is 18.7 Å². The largest absolute Gasteiger partial charge is 0.404 e. The molecule has 2 nitrogen and oxygen atoms in total. The van der Waals surface area contributed by atoms with Crippen molar-refractivity contribution in [3.8, 4) is 0 Å². The number of pyridine rings is 1. The maximum Gasteiger partial charge on any atom is 0.288 e. The first-order valence-electron chi connectivity index (χ1n) is 10.0. The van der Waals surface area contributed by atoms with Crippen LogP contribution in [0.25, 0.3) is 0 Å². The van der Waals surface area contributed by atoms with E-state index in [0.29, 0.717) is 6.61 Å². The van der Waals surface area contributed by atoms with Crippen LogP contribution in [0.3, 0.4) is 0 Å². The highest BCUT2D eigenvalue weighted by atomic mass is 28.4. The third-order valence-electron chi connectivity index (χ3n) is 5.30. The van der Waals surface area contributed by atoms with Gasteiger partial charge in [0.2, 0.25) is 0 Å². The zero-order valence-electron chi connectivity index (χ0n) is 16.7. The highest BCUT2D eigenvalue weighted by Crippen LogP contribution is 2.11. The first-order valence-corrected chi connectivity index (χ1v) is 11.9. The predicted molar refractivity (Wildman–Crippen MR) is 121 cm³/mol. The molecule has 0 atom stereocenters. The Balaban J connectivity index is 1.76. The second-order valence-corrected chi connectivity index (χ2v) is 10.6. The summed E-state index contributed by atoms with van der Waals surface area (Å²) in [5.74, 6) is 0. The second-order valence-electron chi connectivity index (χ2n) is 7.25. The first kappa shape index (κ1) is 19.3. The van der Waals surface area contributed by atoms with Crippen molar-refractivity contribution < 1.29 is 8.99 Å². The average molecular weight is 397 g/mol. The molecule has 4 rings (SSSR count). The Morgan fingerprint density at radius 1 is 0.621 bits per heavy atom. The van der Waals surface area contributed by atoms with Crippen molar-refractivity contribution in [2.45, 2.75) is 6.42 Å². The standard InChI is InChI=1S/C26H26NOSi/c1-27-20-17-23(18-21-27)19-22-28-29(24-11-5-2-6-12-24,25-13-7-3-8-14-25)26-15-9-4-10-16-26/h2-18,20-21H,19,22H2,1H3/q+1. The molecule has 0 aliphatic carbocycles. The molecule has 1 heterocycles. The van der Waals surface area contributed by atoms with E-state index in [1.165, 1.54) is 21.1 Å². The van der Waals surface area contributed by atoms with Gasteiger partial charge in [-0.3, -0.25) is 0 Å². The molecular formula is C26H26NOSi+. The van der Waals surface area contributed by atoms with E-state index in [4.69, 9.17) is 4.43 Å². The van der Waals surface area contributed by atoms with Gasteiger partial charge in [0.05, 0.1) is 0 Å². The van der Waals surface area contributed by atoms with Gasteiger partial charge in [0.15, 0.2) is 12.4 Å². The van der Waals surface area contributed by atoms with Gasteiger partial charge in [-0.25, -0.2) is 4.57 Å². The molecule has 0 saturated heterocycles. The zero-order valence-corrected chi connectivity index (χ0v) is 17.7. The van der Waals surface area contributed by atoms with E-state index in [1.807, 2.05) is 7.05 Å². The van der Waals surface area contributed by atoms with Crippen molar-refractivity contribution in [3.63, 3.8) is 0 Å². The zero-order chi connectivity index (χ0) is 19.9. The van der Waals surface area contributed by atoms with Gasteiger partial charge in [-0.2, -0.15) is 0 Å². The molecule has 0 amide bonds. The molecule has 0 unspecified atom stereocenters. The van der Waals surface area contributed by atoms with Crippen LogP contribution in [0.4, 0.5) is 0 Å². The van der Waals surface area contributed by atoms with Crippen LogP contribution in [0.2, 0.25) is 0 Å². The lowest BCUT2D eigenvalue weighted by atomic mass is 10.2. The van der Waals surface area contributed by atoms with E-state index >= 15 is 0 Å². The minimum atomic E-state index is -2.59. The van der Waals surface area contributed by atoms with Gasteiger partial charge < -0.3 is 4.43 Å². The lowest BCUT2D eigenvalue weighted by molar-refractivity contribution is -0.671. The number of hydrogen-bond acceptors (Lipinski definition) is 1. The van der Waals surface area contributed by atoms with Crippen molar-refractivity contribution in [2.75, 3.05) is 6.61 Å². The van der Waals surface area contributed by atoms with Gasteiger partial charge >= 0.3 is 0 Å². The molecule has 144 valence electrons. The van der Waals surface area contributed by atoms with Gasteiger partial charge in [0.1, 0.15) is 7.05 Å². The summed E-state index contributed by atoms with van der Waals surface area (Å²) in [6.45, 7) is 0.679. The van der Waals surface area contributed by atoms with Crippen LogP contribution in [0, 0.1) is 0 Å². The van der Waals surface area contributed by atoms with Crippen LogP contribution in [0.1, 0.15) is 5.56 Å². The fourth-order valence-electron chi connectivity index (χ4n) is 3.79. The third-order valence-corrected chi connectivity index (χ3v) is 9.37. The van der Waals surface area contributed by atoms with Crippen LogP contribution in [0.15, 0.2) is 116 Å². The molecule has 0 fully saturated rings. The van der Waals surface area contributed by atoms with Crippen molar-refractivity contribution >= 4 is 23.9 Å². The first-order chi connectivity index (χ1) is 14.3. The Morgan fingerprint density at radius 2 is 1.03 bits per heavy atom. The summed E-state index contributed by atoms with van der Waals surface area (Å²) < 4.78 is 9.01. The molecule has 0 aliphatic heterocycles. The Hall–Kier alpha value is -3.01. The lowest BCUT2D eigenvalue weighted by Gasteiger charge is -2.33. The third kappa shape index (κ3) is 4.21. The van der Waals surface area contributed by atoms with Crippen molar-refractivity contribution in [3.05, 3.63) is 121 Å². The topological polar surface area (TPSA) is 13.1 Å². The van der Waals surface area contributed by atoms with E-state index < -0.39 is 8.32 Å². The smallest absolute Gasteiger partial charge is 0.288 e. The molecule has 29 heavy (non-hydrogen) atoms. The fourth-order valence-corrected chi connectivity index (χ4v) is 7.68. The molecule has 3 aromatic carbocycles. The maximum atomic E-state index is 6.95. The summed E-state index contributed by atoms with van der Waals surface area (Å²) in [6.07, 6.45) is 5.07. The van der Waals surface area contributed by atoms with E-state index in [0.717, 1.165) is 6.42 Å². The van der Waals surface area contributed by atoms with E-state index in [-0.39, 0.29) is 0 Å². The molecule has 4 aromatic rings. The van der Waals surface area contributed by atoms with Gasteiger partial charge in [-0.05, 0) is 27.5 Å². The molecule has 0 spiro atoms. The summed E-state index contributed by atoms with van der Waals surface area (Å²) in [6, 6.07) is 36.5. The fraction of sp³-hybridized carbons (Fsp3) is 0.115. The molecular weight excluding hydrogens is 370 g/mol. The Morgan fingerprint density at radius 3 is 1.45 bits per heavy atom. The van der Waals surface area contributed by atoms with Gasteiger partial charge in [-0.15, -0.1) is 0 Å². The highest BCUT2D eigenvalue weighted by molar-refractivity contribution is 7.07. The molecule has 0 aliphatic rings. The SMILES string of the molecule is C[n+]1ccc(CCO[Si](c2ccccc2)(c2ccccc2)c2ccccc2)cc1. The van der Waals surface area contributed by atoms with Crippen molar-refractivity contribution in [1.82, 2.24) is 0 Å². The number of aromatic nitrogens is 1. The normalized spacial score (nSPS) is 11.3. The Kier molecular flexibility index (Phi) is 5.99. The molecule has 3 heteroatoms. The van der Waals surface area contributed by atoms with Crippen molar-refractivity contribution in [2.24, 2.45) is 7.05 Å². The van der Waals surface area contributed by atoms with E-state index in [2.05, 4.69) is 120 Å². The summed E-state index contributed by atoms with van der Waals surface area (Å²) in [5.41, 5.74) is 1.29. The van der Waals surface area contributed by atoms with E-state index in [1.54, 1.807) is 0 Å². The number of rotatable bonds is 7. The van der Waals surface area contributed by atoms with Crippen LogP contribution in [0.5, 0.6) is 0 Å². The lowest BCUT2D eigenvalue weighted by Crippen LogP contribution is -2.69. The van der Waals surface area contributed by atoms with Gasteiger partial charge in [-0.1, -0.05) is 91.0 Å². The number of nitrogens with zero attached hydrogens (tertiary/aromatic N) is 1. The number of aryl methyl sites for hydroxylation is 1. The summed E-state index contributed by atoms with van der Waals surface area (Å²) >= 11 is 0. The Bertz CT molecular complexity index is 922. The number of benzene rings is 3. The van der Waals surface area contributed by atoms with Crippen LogP contribution in [-0.2, 0) is 17.9 Å². The highest BCUT2D eigenvalue weighted by Gasteiger charge is 2.41. The quantitative estimate of drug-likeness (QED) is 0.266. The molecule has 0 N–H and O–H groups in total. The van der Waals surface area contributed by atoms with Crippen LogP contribution < -0.4 is 20.1 Å². The second kappa shape index (κ2) is 8.99. The van der Waals surface area contributed by atoms with Crippen LogP contribution in [-0.4, -0.2) is 14.9 Å².